The van der Waals surface area contributed by atoms with E-state index in [0.29, 0.717) is 5.56 Å². The number of hydrogen-bond acceptors (Lipinski definition) is 2. The first-order valence-electron chi connectivity index (χ1n) is 7.15. The molecule has 1 aliphatic rings. The number of nitrogens with one attached hydrogen (secondary N) is 2. The fourth-order valence-electron chi connectivity index (χ4n) is 2.63. The fourth-order valence-corrected chi connectivity index (χ4v) is 2.86. The second-order valence-corrected chi connectivity index (χ2v) is 5.70. The van der Waals surface area contributed by atoms with Gasteiger partial charge in [-0.25, -0.2) is 4.39 Å². The van der Waals surface area contributed by atoms with Gasteiger partial charge in [0.2, 0.25) is 5.91 Å². The van der Waals surface area contributed by atoms with Gasteiger partial charge in [0, 0.05) is 22.7 Å². The van der Waals surface area contributed by atoms with Crippen LogP contribution in [0.5, 0.6) is 0 Å². The van der Waals surface area contributed by atoms with E-state index in [2.05, 4.69) is 10.6 Å². The number of rotatable bonds is 4. The van der Waals surface area contributed by atoms with Crippen molar-refractivity contribution < 1.29 is 14.0 Å². The Kier molecular flexibility index (Phi) is 4.30. The Bertz CT molecular complexity index is 759. The van der Waals surface area contributed by atoms with Gasteiger partial charge in [-0.3, -0.25) is 9.59 Å². The van der Waals surface area contributed by atoms with Gasteiger partial charge in [0.25, 0.3) is 5.91 Å². The molecule has 1 aliphatic heterocycles. The lowest BCUT2D eigenvalue weighted by atomic mass is 10.0. The van der Waals surface area contributed by atoms with Crippen molar-refractivity contribution in [2.45, 2.75) is 19.0 Å². The molecule has 1 heterocycles. The van der Waals surface area contributed by atoms with Crippen LogP contribution in [-0.2, 0) is 11.3 Å². The van der Waals surface area contributed by atoms with Crippen molar-refractivity contribution in [2.75, 3.05) is 0 Å². The molecule has 0 fully saturated rings. The lowest BCUT2D eigenvalue weighted by molar-refractivity contribution is -0.121. The molecule has 0 saturated heterocycles. The molecular weight excluding hydrogens is 319 g/mol. The monoisotopic (exact) mass is 332 g/mol. The lowest BCUT2D eigenvalue weighted by Gasteiger charge is -2.12. The zero-order valence-electron chi connectivity index (χ0n) is 12.1. The molecule has 0 spiro atoms. The number of fused-ring (bicyclic) bond motifs is 1. The first-order valence-corrected chi connectivity index (χ1v) is 7.53. The topological polar surface area (TPSA) is 58.2 Å². The zero-order valence-corrected chi connectivity index (χ0v) is 12.9. The van der Waals surface area contributed by atoms with Crippen molar-refractivity contribution >= 4 is 23.4 Å². The molecule has 1 unspecified atom stereocenters. The van der Waals surface area contributed by atoms with Crippen LogP contribution in [0.4, 0.5) is 4.39 Å². The summed E-state index contributed by atoms with van der Waals surface area (Å²) in [7, 11) is 0. The van der Waals surface area contributed by atoms with E-state index in [-0.39, 0.29) is 41.4 Å². The third-order valence-electron chi connectivity index (χ3n) is 3.80. The van der Waals surface area contributed by atoms with Gasteiger partial charge < -0.3 is 10.6 Å². The molecule has 0 saturated carbocycles. The normalized spacial score (nSPS) is 15.9. The van der Waals surface area contributed by atoms with E-state index in [1.165, 1.54) is 12.1 Å². The van der Waals surface area contributed by atoms with E-state index in [1.54, 1.807) is 18.2 Å². The largest absolute Gasteiger partial charge is 0.352 e. The maximum absolute atomic E-state index is 13.7. The molecule has 2 N–H and O–H groups in total. The third-order valence-corrected chi connectivity index (χ3v) is 4.15. The zero-order chi connectivity index (χ0) is 16.4. The number of benzene rings is 2. The molecule has 2 aromatic carbocycles. The molecule has 0 aliphatic carbocycles. The van der Waals surface area contributed by atoms with Crippen LogP contribution in [0.15, 0.2) is 42.5 Å². The summed E-state index contributed by atoms with van der Waals surface area (Å²) in [4.78, 5) is 23.9. The Morgan fingerprint density at radius 3 is 2.78 bits per heavy atom. The minimum atomic E-state index is -0.461. The van der Waals surface area contributed by atoms with Crippen molar-refractivity contribution in [3.8, 4) is 0 Å². The molecule has 2 amide bonds. The Morgan fingerprint density at radius 1 is 1.22 bits per heavy atom. The summed E-state index contributed by atoms with van der Waals surface area (Å²) < 4.78 is 13.7. The quantitative estimate of drug-likeness (QED) is 0.904. The van der Waals surface area contributed by atoms with Gasteiger partial charge >= 0.3 is 0 Å². The van der Waals surface area contributed by atoms with Crippen LogP contribution >= 0.6 is 11.6 Å². The Labute approximate surface area is 137 Å². The van der Waals surface area contributed by atoms with E-state index in [9.17, 15) is 14.0 Å². The van der Waals surface area contributed by atoms with Crippen LogP contribution in [0.1, 0.15) is 33.9 Å². The summed E-state index contributed by atoms with van der Waals surface area (Å²) in [5, 5.41) is 5.68. The van der Waals surface area contributed by atoms with Crippen LogP contribution in [0.2, 0.25) is 5.02 Å². The van der Waals surface area contributed by atoms with Crippen LogP contribution in [0, 0.1) is 5.82 Å². The SMILES string of the molecule is O=C(CC1NC(=O)c2ccccc21)NCc1c(F)cccc1Cl. The number of carbonyl (C=O) groups excluding carboxylic acids is 2. The minimum Gasteiger partial charge on any atom is -0.352 e. The van der Waals surface area contributed by atoms with E-state index in [1.807, 2.05) is 12.1 Å². The molecule has 0 radical (unpaired) electrons. The predicted octanol–water partition coefficient (Wildman–Crippen LogP) is 2.97. The van der Waals surface area contributed by atoms with E-state index in [0.717, 1.165) is 5.56 Å². The van der Waals surface area contributed by atoms with E-state index < -0.39 is 5.82 Å². The van der Waals surface area contributed by atoms with Crippen LogP contribution in [0.3, 0.4) is 0 Å². The van der Waals surface area contributed by atoms with Crippen molar-refractivity contribution in [3.05, 3.63) is 70.0 Å². The Hall–Kier alpha value is -2.40. The average Bonchev–Trinajstić information content (AvgIpc) is 2.83. The lowest BCUT2D eigenvalue weighted by Crippen LogP contribution is -2.29. The van der Waals surface area contributed by atoms with Crippen molar-refractivity contribution in [1.29, 1.82) is 0 Å². The van der Waals surface area contributed by atoms with Gasteiger partial charge in [-0.1, -0.05) is 35.9 Å². The standard InChI is InChI=1S/C17H14ClFN2O2/c18-13-6-3-7-14(19)12(13)9-20-16(22)8-15-10-4-1-2-5-11(10)17(23)21-15/h1-7,15H,8-9H2,(H,20,22)(H,21,23). The van der Waals surface area contributed by atoms with Gasteiger partial charge in [0.05, 0.1) is 12.5 Å². The summed E-state index contributed by atoms with van der Waals surface area (Å²) in [6.07, 6.45) is 0.0921. The maximum Gasteiger partial charge on any atom is 0.252 e. The second-order valence-electron chi connectivity index (χ2n) is 5.29. The van der Waals surface area contributed by atoms with E-state index in [4.69, 9.17) is 11.6 Å². The number of amides is 2. The second kappa shape index (κ2) is 6.38. The Morgan fingerprint density at radius 2 is 2.00 bits per heavy atom. The van der Waals surface area contributed by atoms with Gasteiger partial charge in [-0.05, 0) is 23.8 Å². The summed E-state index contributed by atoms with van der Waals surface area (Å²) in [6, 6.07) is 11.1. The Balaban J connectivity index is 1.64. The van der Waals surface area contributed by atoms with Gasteiger partial charge in [-0.15, -0.1) is 0 Å². The number of halogens is 2. The molecule has 1 atom stereocenters. The summed E-state index contributed by atoms with van der Waals surface area (Å²) in [5.41, 5.74) is 1.64. The summed E-state index contributed by atoms with van der Waals surface area (Å²) in [6.45, 7) is 0.00660. The highest BCUT2D eigenvalue weighted by molar-refractivity contribution is 6.31. The van der Waals surface area contributed by atoms with Gasteiger partial charge in [0.1, 0.15) is 5.82 Å². The highest BCUT2D eigenvalue weighted by Crippen LogP contribution is 2.27. The molecule has 0 bridgehead atoms. The third kappa shape index (κ3) is 3.19. The molecule has 3 rings (SSSR count). The molecule has 6 heteroatoms. The maximum atomic E-state index is 13.7. The first kappa shape index (κ1) is 15.5. The van der Waals surface area contributed by atoms with Gasteiger partial charge in [-0.2, -0.15) is 0 Å². The molecule has 2 aromatic rings. The number of carbonyl (C=O) groups is 2. The van der Waals surface area contributed by atoms with Crippen LogP contribution in [0.25, 0.3) is 0 Å². The molecule has 23 heavy (non-hydrogen) atoms. The highest BCUT2D eigenvalue weighted by atomic mass is 35.5. The molecule has 118 valence electrons. The summed E-state index contributed by atoms with van der Waals surface area (Å²) in [5.74, 6) is -0.931. The van der Waals surface area contributed by atoms with Crippen molar-refractivity contribution in [3.63, 3.8) is 0 Å². The minimum absolute atomic E-state index is 0.00660. The smallest absolute Gasteiger partial charge is 0.252 e. The molecule has 4 nitrogen and oxygen atoms in total. The van der Waals surface area contributed by atoms with Crippen LogP contribution < -0.4 is 10.6 Å². The first-order chi connectivity index (χ1) is 11.1. The summed E-state index contributed by atoms with van der Waals surface area (Å²) >= 11 is 5.92. The fraction of sp³-hybridized carbons (Fsp3) is 0.176. The van der Waals surface area contributed by atoms with Crippen LogP contribution in [-0.4, -0.2) is 11.8 Å². The number of hydrogen-bond donors (Lipinski definition) is 2. The highest BCUT2D eigenvalue weighted by Gasteiger charge is 2.29. The van der Waals surface area contributed by atoms with Crippen molar-refractivity contribution in [2.24, 2.45) is 0 Å². The van der Waals surface area contributed by atoms with Gasteiger partial charge in [0.15, 0.2) is 0 Å². The average molecular weight is 333 g/mol. The van der Waals surface area contributed by atoms with Crippen molar-refractivity contribution in [1.82, 2.24) is 10.6 Å². The molecule has 0 aromatic heterocycles. The van der Waals surface area contributed by atoms with E-state index >= 15 is 0 Å². The molecular formula is C17H14ClFN2O2. The predicted molar refractivity (Wildman–Crippen MR) is 84.5 cm³/mol.